The molecule has 0 spiro atoms. The van der Waals surface area contributed by atoms with Crippen LogP contribution >= 0.6 is 0 Å². The highest BCUT2D eigenvalue weighted by molar-refractivity contribution is 5.73. The Morgan fingerprint density at radius 2 is 1.68 bits per heavy atom. The first-order valence-corrected chi connectivity index (χ1v) is 8.22. The lowest BCUT2D eigenvalue weighted by Crippen LogP contribution is -2.36. The Bertz CT molecular complexity index is 806. The van der Waals surface area contributed by atoms with E-state index in [2.05, 4.69) is 32.7 Å². The van der Waals surface area contributed by atoms with Gasteiger partial charge in [-0.1, -0.05) is 30.3 Å². The average Bonchev–Trinajstić information content (AvgIpc) is 2.68. The molecule has 0 atom stereocenters. The van der Waals surface area contributed by atoms with Crippen molar-refractivity contribution in [1.29, 1.82) is 0 Å². The summed E-state index contributed by atoms with van der Waals surface area (Å²) >= 11 is 0. The van der Waals surface area contributed by atoms with E-state index in [1.165, 1.54) is 5.56 Å². The lowest BCUT2D eigenvalue weighted by molar-refractivity contribution is 0.240. The van der Waals surface area contributed by atoms with E-state index < -0.39 is 0 Å². The topological polar surface area (TPSA) is 66.9 Å². The van der Waals surface area contributed by atoms with E-state index in [0.717, 1.165) is 23.2 Å². The Hall–Kier alpha value is -3.21. The first kappa shape index (κ1) is 16.6. The van der Waals surface area contributed by atoms with Gasteiger partial charge >= 0.3 is 6.03 Å². The van der Waals surface area contributed by atoms with Crippen LogP contribution in [-0.2, 0) is 13.0 Å². The first-order valence-electron chi connectivity index (χ1n) is 8.22. The van der Waals surface area contributed by atoms with Gasteiger partial charge in [-0.05, 0) is 41.8 Å². The average molecular weight is 332 g/mol. The maximum Gasteiger partial charge on any atom is 0.315 e. The number of carbonyl (C=O) groups is 1. The van der Waals surface area contributed by atoms with Gasteiger partial charge in [-0.25, -0.2) is 4.79 Å². The number of rotatable bonds is 6. The molecule has 0 fully saturated rings. The van der Waals surface area contributed by atoms with Crippen molar-refractivity contribution < 1.29 is 4.79 Å². The highest BCUT2D eigenvalue weighted by Gasteiger charge is 2.03. The summed E-state index contributed by atoms with van der Waals surface area (Å²) in [6, 6.07) is 17.6. The molecule has 0 bridgehead atoms. The molecule has 0 radical (unpaired) electrons. The van der Waals surface area contributed by atoms with Crippen LogP contribution in [0.5, 0.6) is 0 Å². The molecule has 5 heteroatoms. The number of urea groups is 1. The molecule has 1 aromatic carbocycles. The fourth-order valence-electron chi connectivity index (χ4n) is 2.47. The molecule has 2 aromatic heterocycles. The van der Waals surface area contributed by atoms with Gasteiger partial charge in [0.2, 0.25) is 0 Å². The standard InChI is InChI=1S/C20H20N4O/c25-20(23-13-6-16-4-2-1-3-5-16)24-15-17-7-12-22-19(14-17)18-8-10-21-11-9-18/h1-5,7-12,14H,6,13,15H2,(H2,23,24,25). The highest BCUT2D eigenvalue weighted by Crippen LogP contribution is 2.16. The van der Waals surface area contributed by atoms with Crippen molar-refractivity contribution in [3.63, 3.8) is 0 Å². The van der Waals surface area contributed by atoms with Crippen LogP contribution < -0.4 is 10.6 Å². The second kappa shape index (κ2) is 8.59. The molecule has 3 rings (SSSR count). The fourth-order valence-corrected chi connectivity index (χ4v) is 2.47. The second-order valence-corrected chi connectivity index (χ2v) is 5.63. The van der Waals surface area contributed by atoms with Gasteiger partial charge in [-0.2, -0.15) is 0 Å². The van der Waals surface area contributed by atoms with Crippen LogP contribution in [0.15, 0.2) is 73.2 Å². The molecule has 2 amide bonds. The molecule has 0 aliphatic rings. The van der Waals surface area contributed by atoms with E-state index >= 15 is 0 Å². The summed E-state index contributed by atoms with van der Waals surface area (Å²) in [6.45, 7) is 1.06. The maximum absolute atomic E-state index is 11.9. The molecule has 0 aliphatic carbocycles. The number of nitrogens with one attached hydrogen (secondary N) is 2. The van der Waals surface area contributed by atoms with Crippen LogP contribution in [0.2, 0.25) is 0 Å². The molecule has 25 heavy (non-hydrogen) atoms. The second-order valence-electron chi connectivity index (χ2n) is 5.63. The Morgan fingerprint density at radius 1 is 0.880 bits per heavy atom. The van der Waals surface area contributed by atoms with Crippen molar-refractivity contribution in [1.82, 2.24) is 20.6 Å². The quantitative estimate of drug-likeness (QED) is 0.728. The van der Waals surface area contributed by atoms with E-state index in [1.54, 1.807) is 18.6 Å². The summed E-state index contributed by atoms with van der Waals surface area (Å²) in [6.07, 6.45) is 6.04. The maximum atomic E-state index is 11.9. The van der Waals surface area contributed by atoms with Crippen LogP contribution in [0.3, 0.4) is 0 Å². The summed E-state index contributed by atoms with van der Waals surface area (Å²) in [5, 5.41) is 5.75. The van der Waals surface area contributed by atoms with Gasteiger partial charge in [0, 0.05) is 37.2 Å². The third-order valence-corrected chi connectivity index (χ3v) is 3.80. The van der Waals surface area contributed by atoms with Gasteiger partial charge < -0.3 is 10.6 Å². The van der Waals surface area contributed by atoms with Crippen molar-refractivity contribution in [3.8, 4) is 11.3 Å². The van der Waals surface area contributed by atoms with E-state index in [4.69, 9.17) is 0 Å². The minimum atomic E-state index is -0.168. The van der Waals surface area contributed by atoms with Crippen molar-refractivity contribution in [2.45, 2.75) is 13.0 Å². The number of pyridine rings is 2. The molecular formula is C20H20N4O. The molecular weight excluding hydrogens is 312 g/mol. The molecule has 2 heterocycles. The van der Waals surface area contributed by atoms with Crippen molar-refractivity contribution in [2.24, 2.45) is 0 Å². The van der Waals surface area contributed by atoms with Crippen molar-refractivity contribution in [2.75, 3.05) is 6.54 Å². The molecule has 126 valence electrons. The van der Waals surface area contributed by atoms with E-state index in [9.17, 15) is 4.79 Å². The van der Waals surface area contributed by atoms with Crippen molar-refractivity contribution in [3.05, 3.63) is 84.3 Å². The Balaban J connectivity index is 1.47. The lowest BCUT2D eigenvalue weighted by atomic mass is 10.1. The zero-order chi connectivity index (χ0) is 17.3. The molecule has 5 nitrogen and oxygen atoms in total. The predicted molar refractivity (Wildman–Crippen MR) is 97.9 cm³/mol. The SMILES string of the molecule is O=C(NCCc1ccccc1)NCc1ccnc(-c2ccncc2)c1. The number of hydrogen-bond donors (Lipinski definition) is 2. The molecule has 0 unspecified atom stereocenters. The summed E-state index contributed by atoms with van der Waals surface area (Å²) < 4.78 is 0. The zero-order valence-electron chi connectivity index (χ0n) is 13.9. The Morgan fingerprint density at radius 3 is 2.48 bits per heavy atom. The van der Waals surface area contributed by atoms with Gasteiger partial charge in [0.05, 0.1) is 5.69 Å². The minimum Gasteiger partial charge on any atom is -0.338 e. The molecule has 0 aliphatic heterocycles. The van der Waals surface area contributed by atoms with E-state index in [-0.39, 0.29) is 6.03 Å². The van der Waals surface area contributed by atoms with Crippen LogP contribution in [0.25, 0.3) is 11.3 Å². The Kier molecular flexibility index (Phi) is 5.72. The number of carbonyl (C=O) groups excluding carboxylic acids is 1. The van der Waals surface area contributed by atoms with Crippen LogP contribution in [0.1, 0.15) is 11.1 Å². The van der Waals surface area contributed by atoms with Gasteiger partial charge in [0.25, 0.3) is 0 Å². The molecule has 2 N–H and O–H groups in total. The van der Waals surface area contributed by atoms with E-state index in [0.29, 0.717) is 13.1 Å². The number of benzene rings is 1. The molecule has 0 saturated heterocycles. The zero-order valence-corrected chi connectivity index (χ0v) is 13.9. The number of nitrogens with zero attached hydrogens (tertiary/aromatic N) is 2. The van der Waals surface area contributed by atoms with Crippen LogP contribution in [0, 0.1) is 0 Å². The molecule has 0 saturated carbocycles. The first-order chi connectivity index (χ1) is 12.3. The normalized spacial score (nSPS) is 10.2. The monoisotopic (exact) mass is 332 g/mol. The molecule has 3 aromatic rings. The van der Waals surface area contributed by atoms with Gasteiger partial charge in [0.15, 0.2) is 0 Å². The van der Waals surface area contributed by atoms with Crippen LogP contribution in [-0.4, -0.2) is 22.5 Å². The predicted octanol–water partition coefficient (Wildman–Crippen LogP) is 3.19. The summed E-state index contributed by atoms with van der Waals surface area (Å²) in [5.41, 5.74) is 4.08. The lowest BCUT2D eigenvalue weighted by Gasteiger charge is -2.09. The number of amides is 2. The van der Waals surface area contributed by atoms with Crippen molar-refractivity contribution >= 4 is 6.03 Å². The largest absolute Gasteiger partial charge is 0.338 e. The summed E-state index contributed by atoms with van der Waals surface area (Å²) in [4.78, 5) is 20.3. The van der Waals surface area contributed by atoms with Crippen LogP contribution in [0.4, 0.5) is 4.79 Å². The highest BCUT2D eigenvalue weighted by atomic mass is 16.2. The number of hydrogen-bond acceptors (Lipinski definition) is 3. The smallest absolute Gasteiger partial charge is 0.315 e. The summed E-state index contributed by atoms with van der Waals surface area (Å²) in [5.74, 6) is 0. The fraction of sp³-hybridized carbons (Fsp3) is 0.150. The minimum absolute atomic E-state index is 0.168. The van der Waals surface area contributed by atoms with Gasteiger partial charge in [-0.3, -0.25) is 9.97 Å². The van der Waals surface area contributed by atoms with Gasteiger partial charge in [0.1, 0.15) is 0 Å². The third-order valence-electron chi connectivity index (χ3n) is 3.80. The number of aromatic nitrogens is 2. The van der Waals surface area contributed by atoms with E-state index in [1.807, 2.05) is 42.5 Å². The summed E-state index contributed by atoms with van der Waals surface area (Å²) in [7, 11) is 0. The van der Waals surface area contributed by atoms with Gasteiger partial charge in [-0.15, -0.1) is 0 Å². The Labute approximate surface area is 147 Å². The third kappa shape index (κ3) is 5.14.